The summed E-state index contributed by atoms with van der Waals surface area (Å²) in [6, 6.07) is 1.58. The molecule has 4 heterocycles. The third kappa shape index (κ3) is 2.80. The third-order valence-electron chi connectivity index (χ3n) is 4.63. The molecule has 1 atom stereocenters. The minimum atomic E-state index is -4.73. The summed E-state index contributed by atoms with van der Waals surface area (Å²) in [5, 5.41) is -0.286. The maximum absolute atomic E-state index is 13.6. The molecule has 0 bridgehead atoms. The van der Waals surface area contributed by atoms with E-state index in [-0.39, 0.29) is 23.0 Å². The van der Waals surface area contributed by atoms with E-state index < -0.39 is 35.2 Å². The molecular weight excluding hydrogens is 401 g/mol. The average Bonchev–Trinajstić information content (AvgIpc) is 3.20. The van der Waals surface area contributed by atoms with Gasteiger partial charge in [-0.25, -0.2) is 4.98 Å². The summed E-state index contributed by atoms with van der Waals surface area (Å²) in [5.74, 6) is -1.44. The van der Waals surface area contributed by atoms with Crippen LogP contribution in [0.15, 0.2) is 35.3 Å². The summed E-state index contributed by atoms with van der Waals surface area (Å²) < 4.78 is 46.8. The maximum Gasteiger partial charge on any atom is 0.420 e. The monoisotopic (exact) mass is 412 g/mol. The van der Waals surface area contributed by atoms with Gasteiger partial charge in [-0.3, -0.25) is 14.0 Å². The average molecular weight is 413 g/mol. The number of rotatable bonds is 3. The number of carbonyl (C=O) groups excluding carboxylic acids is 2. The lowest BCUT2D eigenvalue weighted by Gasteiger charge is -2.38. The number of halogens is 4. The van der Waals surface area contributed by atoms with Crippen molar-refractivity contribution in [1.29, 1.82) is 0 Å². The van der Waals surface area contributed by atoms with Crippen molar-refractivity contribution in [3.8, 4) is 11.1 Å². The number of furan rings is 1. The number of fused-ring (bicyclic) bond motifs is 1. The quantitative estimate of drug-likeness (QED) is 0.715. The van der Waals surface area contributed by atoms with Crippen molar-refractivity contribution in [2.45, 2.75) is 18.6 Å². The van der Waals surface area contributed by atoms with Crippen LogP contribution in [-0.2, 0) is 11.0 Å². The van der Waals surface area contributed by atoms with Crippen LogP contribution in [0.25, 0.3) is 16.8 Å². The fourth-order valence-electron chi connectivity index (χ4n) is 3.11. The first-order valence-corrected chi connectivity index (χ1v) is 8.48. The Hall–Kier alpha value is -3.01. The van der Waals surface area contributed by atoms with E-state index >= 15 is 0 Å². The molecule has 1 fully saturated rings. The van der Waals surface area contributed by atoms with Gasteiger partial charge >= 0.3 is 6.18 Å². The van der Waals surface area contributed by atoms with Gasteiger partial charge in [-0.05, 0) is 18.6 Å². The number of nitrogens with zero attached hydrogens (tertiary/aromatic N) is 3. The number of likely N-dealkylation sites (tertiary alicyclic amines) is 1. The molecule has 146 valence electrons. The van der Waals surface area contributed by atoms with Crippen molar-refractivity contribution in [2.75, 3.05) is 6.54 Å². The largest absolute Gasteiger partial charge is 0.472 e. The van der Waals surface area contributed by atoms with Crippen LogP contribution in [0.4, 0.5) is 13.2 Å². The van der Waals surface area contributed by atoms with Crippen LogP contribution in [0.2, 0.25) is 5.15 Å². The highest BCUT2D eigenvalue weighted by molar-refractivity contribution is 6.33. The second-order valence-corrected chi connectivity index (χ2v) is 6.66. The highest BCUT2D eigenvalue weighted by Gasteiger charge is 2.40. The number of hydrogen-bond acceptors (Lipinski definition) is 4. The van der Waals surface area contributed by atoms with Gasteiger partial charge in [-0.15, -0.1) is 0 Å². The van der Waals surface area contributed by atoms with E-state index in [0.29, 0.717) is 12.0 Å². The van der Waals surface area contributed by atoms with Crippen molar-refractivity contribution in [2.24, 2.45) is 5.73 Å². The molecule has 11 heteroatoms. The van der Waals surface area contributed by atoms with Crippen LogP contribution >= 0.6 is 11.6 Å². The van der Waals surface area contributed by atoms with E-state index in [2.05, 4.69) is 4.98 Å². The zero-order valence-corrected chi connectivity index (χ0v) is 14.8. The summed E-state index contributed by atoms with van der Waals surface area (Å²) in [6.07, 6.45) is -0.406. The summed E-state index contributed by atoms with van der Waals surface area (Å²) in [7, 11) is 0. The van der Waals surface area contributed by atoms with Crippen molar-refractivity contribution >= 4 is 29.1 Å². The lowest BCUT2D eigenvalue weighted by atomic mass is 10.0. The molecule has 0 saturated carbocycles. The van der Waals surface area contributed by atoms with Crippen molar-refractivity contribution < 1.29 is 27.2 Å². The molecule has 3 aromatic heterocycles. The fraction of sp³-hybridized carbons (Fsp3) is 0.235. The normalized spacial score (nSPS) is 17.0. The van der Waals surface area contributed by atoms with Crippen LogP contribution in [-0.4, -0.2) is 38.7 Å². The Morgan fingerprint density at radius 3 is 2.61 bits per heavy atom. The van der Waals surface area contributed by atoms with E-state index in [1.807, 2.05) is 0 Å². The zero-order valence-electron chi connectivity index (χ0n) is 14.0. The van der Waals surface area contributed by atoms with E-state index in [1.54, 1.807) is 0 Å². The summed E-state index contributed by atoms with van der Waals surface area (Å²) in [5.41, 5.74) is 3.88. The zero-order chi connectivity index (χ0) is 20.2. The molecule has 1 aliphatic rings. The second-order valence-electron chi connectivity index (χ2n) is 6.30. The second kappa shape index (κ2) is 6.26. The van der Waals surface area contributed by atoms with Gasteiger partial charge in [0.25, 0.3) is 5.91 Å². The molecule has 0 aromatic carbocycles. The van der Waals surface area contributed by atoms with Gasteiger partial charge in [0.05, 0.1) is 18.1 Å². The molecule has 1 saturated heterocycles. The Labute approximate surface area is 160 Å². The Bertz CT molecular complexity index is 1090. The van der Waals surface area contributed by atoms with Crippen LogP contribution in [0.3, 0.4) is 0 Å². The molecule has 2 amide bonds. The number of pyridine rings is 1. The minimum absolute atomic E-state index is 0.186. The van der Waals surface area contributed by atoms with E-state index in [0.717, 1.165) is 15.4 Å². The Morgan fingerprint density at radius 1 is 1.32 bits per heavy atom. The van der Waals surface area contributed by atoms with Crippen molar-refractivity contribution in [3.63, 3.8) is 0 Å². The van der Waals surface area contributed by atoms with Crippen LogP contribution in [0.5, 0.6) is 0 Å². The van der Waals surface area contributed by atoms with Crippen molar-refractivity contribution in [3.05, 3.63) is 47.3 Å². The number of primary amides is 1. The minimum Gasteiger partial charge on any atom is -0.472 e. The number of nitrogens with two attached hydrogens (primary N) is 1. The Balaban J connectivity index is 1.88. The number of carbonyl (C=O) groups is 2. The third-order valence-corrected chi connectivity index (χ3v) is 4.99. The van der Waals surface area contributed by atoms with Crippen molar-refractivity contribution in [1.82, 2.24) is 14.3 Å². The number of aromatic nitrogens is 2. The van der Waals surface area contributed by atoms with Gasteiger partial charge in [-0.1, -0.05) is 11.6 Å². The van der Waals surface area contributed by atoms with Gasteiger partial charge in [0.15, 0.2) is 11.3 Å². The van der Waals surface area contributed by atoms with Gasteiger partial charge in [0.2, 0.25) is 5.91 Å². The maximum atomic E-state index is 13.6. The molecule has 2 N–H and O–H groups in total. The topological polar surface area (TPSA) is 93.8 Å². The fourth-order valence-corrected chi connectivity index (χ4v) is 3.36. The van der Waals surface area contributed by atoms with E-state index in [4.69, 9.17) is 21.8 Å². The molecule has 4 rings (SSSR count). The lowest BCUT2D eigenvalue weighted by molar-refractivity contribution is -0.136. The highest BCUT2D eigenvalue weighted by Crippen LogP contribution is 2.37. The highest BCUT2D eigenvalue weighted by atomic mass is 35.5. The van der Waals surface area contributed by atoms with Gasteiger partial charge in [0, 0.05) is 23.9 Å². The molecule has 0 spiro atoms. The summed E-state index contributed by atoms with van der Waals surface area (Å²) in [6.45, 7) is 0.239. The van der Waals surface area contributed by atoms with Gasteiger partial charge in [0.1, 0.15) is 11.2 Å². The molecule has 0 aliphatic carbocycles. The lowest BCUT2D eigenvalue weighted by Crippen LogP contribution is -2.57. The molecule has 28 heavy (non-hydrogen) atoms. The predicted molar refractivity (Wildman–Crippen MR) is 91.5 cm³/mol. The predicted octanol–water partition coefficient (Wildman–Crippen LogP) is 2.97. The molecular formula is C17H12ClF3N4O3. The van der Waals surface area contributed by atoms with E-state index in [9.17, 15) is 22.8 Å². The smallest absolute Gasteiger partial charge is 0.420 e. The first-order chi connectivity index (χ1) is 13.2. The first-order valence-electron chi connectivity index (χ1n) is 8.10. The Morgan fingerprint density at radius 2 is 2.07 bits per heavy atom. The Kier molecular flexibility index (Phi) is 4.11. The van der Waals surface area contributed by atoms with Gasteiger partial charge < -0.3 is 15.1 Å². The number of alkyl halides is 3. The number of amides is 2. The molecule has 1 aliphatic heterocycles. The molecule has 3 aromatic rings. The van der Waals surface area contributed by atoms with Crippen LogP contribution < -0.4 is 5.73 Å². The standard InChI is InChI=1S/C17H12ClF3N4O3/c18-13-12(16(27)24-3-1-11(24)14(22)26)23-15-10(17(19,20)21)5-9(6-25(13)15)8-2-4-28-7-8/h2,4-7,11H,1,3H2,(H2,22,26). The van der Waals surface area contributed by atoms with Crippen LogP contribution in [0, 0.1) is 0 Å². The van der Waals surface area contributed by atoms with E-state index in [1.165, 1.54) is 24.8 Å². The SMILES string of the molecule is NC(=O)C1CCN1C(=O)c1nc2c(C(F)(F)F)cc(-c3ccoc3)cn2c1Cl. The first kappa shape index (κ1) is 18.4. The molecule has 1 unspecified atom stereocenters. The molecule has 7 nitrogen and oxygen atoms in total. The number of hydrogen-bond donors (Lipinski definition) is 1. The summed E-state index contributed by atoms with van der Waals surface area (Å²) in [4.78, 5) is 29.0. The summed E-state index contributed by atoms with van der Waals surface area (Å²) >= 11 is 6.21. The van der Waals surface area contributed by atoms with Crippen LogP contribution in [0.1, 0.15) is 22.5 Å². The molecule has 0 radical (unpaired) electrons. The number of imidazole rings is 1. The van der Waals surface area contributed by atoms with Gasteiger partial charge in [-0.2, -0.15) is 13.2 Å².